The Morgan fingerprint density at radius 2 is 1.80 bits per heavy atom. The van der Waals surface area contributed by atoms with Crippen LogP contribution < -0.4 is 4.76 Å². The number of benzene rings is 1. The van der Waals surface area contributed by atoms with Gasteiger partial charge in [0.25, 0.3) is 0 Å². The van der Waals surface area contributed by atoms with Crippen LogP contribution in [0.5, 0.6) is 0 Å². The van der Waals surface area contributed by atoms with Crippen molar-refractivity contribution >= 4 is 12.1 Å². The van der Waals surface area contributed by atoms with Gasteiger partial charge in [0.1, 0.15) is 0 Å². The summed E-state index contributed by atoms with van der Waals surface area (Å²) in [7, 11) is 0. The van der Waals surface area contributed by atoms with Gasteiger partial charge in [0.2, 0.25) is 0 Å². The fraction of sp³-hybridized carbons (Fsp3) is 0.364. The third-order valence-corrected chi connectivity index (χ3v) is 2.77. The molecule has 1 aliphatic rings. The summed E-state index contributed by atoms with van der Waals surface area (Å²) >= 11 is 0. The molecule has 0 saturated carbocycles. The van der Waals surface area contributed by atoms with Crippen molar-refractivity contribution in [1.82, 2.24) is 9.76 Å². The van der Waals surface area contributed by atoms with Gasteiger partial charge in [-0.25, -0.2) is 4.79 Å². The van der Waals surface area contributed by atoms with Crippen molar-refractivity contribution in [3.05, 3.63) is 35.5 Å². The van der Waals surface area contributed by atoms with Crippen LogP contribution in [0.4, 0.5) is 5.69 Å². The summed E-state index contributed by atoms with van der Waals surface area (Å²) in [5, 5.41) is 14.0. The zero-order valence-corrected chi connectivity index (χ0v) is 8.50. The van der Waals surface area contributed by atoms with Gasteiger partial charge in [-0.3, -0.25) is 0 Å². The zero-order valence-electron chi connectivity index (χ0n) is 8.50. The van der Waals surface area contributed by atoms with Crippen LogP contribution in [0.15, 0.2) is 30.3 Å². The maximum absolute atomic E-state index is 12.4. The van der Waals surface area contributed by atoms with Crippen molar-refractivity contribution in [2.24, 2.45) is 0 Å². The smallest absolute Gasteiger partial charge is 0.326 e. The molecular weight excluding hydrogens is 192 g/mol. The van der Waals surface area contributed by atoms with E-state index in [9.17, 15) is 10.0 Å². The van der Waals surface area contributed by atoms with Crippen molar-refractivity contribution in [1.29, 1.82) is 0 Å². The fourth-order valence-electron chi connectivity index (χ4n) is 1.93. The third-order valence-electron chi connectivity index (χ3n) is 2.77. The number of carbonyl (C=O) groups is 1. The van der Waals surface area contributed by atoms with Crippen molar-refractivity contribution in [2.45, 2.75) is 12.8 Å². The minimum atomic E-state index is -0.971. The van der Waals surface area contributed by atoms with Crippen LogP contribution >= 0.6 is 0 Å². The van der Waals surface area contributed by atoms with Crippen LogP contribution in [0.3, 0.4) is 0 Å². The van der Waals surface area contributed by atoms with Crippen LogP contribution in [0, 0.1) is 5.21 Å². The topological polar surface area (TPSA) is 43.4 Å². The van der Waals surface area contributed by atoms with Gasteiger partial charge < -0.3 is 5.21 Å². The van der Waals surface area contributed by atoms with Crippen LogP contribution in [0.2, 0.25) is 0 Å². The summed E-state index contributed by atoms with van der Waals surface area (Å²) in [6.07, 6.45) is 2.44. The lowest BCUT2D eigenvalue weighted by molar-refractivity contribution is -0.125. The fourth-order valence-corrected chi connectivity index (χ4v) is 1.93. The van der Waals surface area contributed by atoms with E-state index in [-0.39, 0.29) is 0 Å². The minimum absolute atomic E-state index is 0.459. The first-order chi connectivity index (χ1) is 7.27. The molecule has 0 aliphatic carbocycles. The summed E-state index contributed by atoms with van der Waals surface area (Å²) in [5.74, 6) is 0. The Morgan fingerprint density at radius 1 is 1.20 bits per heavy atom. The van der Waals surface area contributed by atoms with Gasteiger partial charge in [0.05, 0.1) is 0 Å². The van der Waals surface area contributed by atoms with E-state index < -0.39 is 4.76 Å². The summed E-state index contributed by atoms with van der Waals surface area (Å²) in [6, 6.07) is 8.78. The molecule has 0 radical (unpaired) electrons. The van der Waals surface area contributed by atoms with Crippen LogP contribution in [-0.4, -0.2) is 24.5 Å². The highest BCUT2D eigenvalue weighted by atomic mass is 16.6. The highest BCUT2D eigenvalue weighted by Crippen LogP contribution is 2.25. The van der Waals surface area contributed by atoms with Gasteiger partial charge in [0, 0.05) is 25.2 Å². The molecule has 80 valence electrons. The molecule has 1 saturated heterocycles. The number of hydrogen-bond acceptors (Lipinski definition) is 3. The summed E-state index contributed by atoms with van der Waals surface area (Å²) in [5.41, 5.74) is 0.481. The molecule has 1 atom stereocenters. The first kappa shape index (κ1) is 10.3. The van der Waals surface area contributed by atoms with E-state index in [1.807, 2.05) is 6.07 Å². The van der Waals surface area contributed by atoms with Crippen LogP contribution in [0.1, 0.15) is 12.8 Å². The molecule has 2 rings (SSSR count). The van der Waals surface area contributed by atoms with Crippen LogP contribution in [0.25, 0.3) is 0 Å². The lowest BCUT2D eigenvalue weighted by Crippen LogP contribution is -2.55. The second-order valence-corrected chi connectivity index (χ2v) is 3.72. The van der Waals surface area contributed by atoms with Gasteiger partial charge in [-0.15, -0.1) is 5.01 Å². The van der Waals surface area contributed by atoms with Crippen LogP contribution in [-0.2, 0) is 4.79 Å². The Bertz CT molecular complexity index is 336. The monoisotopic (exact) mass is 206 g/mol. The molecule has 1 fully saturated rings. The number of carbonyl (C=O) groups excluding carboxylic acids is 1. The van der Waals surface area contributed by atoms with Crippen molar-refractivity contribution in [3.63, 3.8) is 0 Å². The predicted octanol–water partition coefficient (Wildman–Crippen LogP) is 1.66. The molecule has 1 amide bonds. The Morgan fingerprint density at radius 3 is 2.33 bits per heavy atom. The molecule has 1 aromatic carbocycles. The second kappa shape index (κ2) is 4.10. The SMILES string of the molecule is O=C[N+]([O-])(c1ccccc1)N1CCCC1. The Kier molecular flexibility index (Phi) is 2.81. The number of quaternary nitrogens is 1. The number of amides is 1. The van der Waals surface area contributed by atoms with Gasteiger partial charge in [0.15, 0.2) is 5.69 Å². The average Bonchev–Trinajstić information content (AvgIpc) is 2.83. The molecule has 0 aromatic heterocycles. The Hall–Kier alpha value is -1.23. The molecule has 15 heavy (non-hydrogen) atoms. The minimum Gasteiger partial charge on any atom is -0.599 e. The molecule has 1 unspecified atom stereocenters. The Balaban J connectivity index is 2.32. The number of para-hydroxylation sites is 1. The molecule has 1 aromatic rings. The van der Waals surface area contributed by atoms with E-state index in [0.29, 0.717) is 25.2 Å². The van der Waals surface area contributed by atoms with E-state index in [4.69, 9.17) is 0 Å². The first-order valence-corrected chi connectivity index (χ1v) is 5.14. The molecule has 1 aliphatic heterocycles. The lowest BCUT2D eigenvalue weighted by atomic mass is 10.3. The van der Waals surface area contributed by atoms with E-state index in [2.05, 4.69) is 0 Å². The van der Waals surface area contributed by atoms with E-state index in [1.54, 1.807) is 29.3 Å². The summed E-state index contributed by atoms with van der Waals surface area (Å²) in [4.78, 5) is 11.0. The molecule has 1 heterocycles. The first-order valence-electron chi connectivity index (χ1n) is 5.14. The highest BCUT2D eigenvalue weighted by Gasteiger charge is 2.31. The zero-order chi connectivity index (χ0) is 10.7. The summed E-state index contributed by atoms with van der Waals surface area (Å²) < 4.78 is -0.971. The number of hydrogen-bond donors (Lipinski definition) is 0. The molecule has 4 nitrogen and oxygen atoms in total. The standard InChI is InChI=1S/C11H14N2O2/c14-10-13(15,12-8-4-5-9-12)11-6-2-1-3-7-11/h1-3,6-7,10H,4-5,8-9H2. The van der Waals surface area contributed by atoms with Gasteiger partial charge in [-0.1, -0.05) is 18.2 Å². The largest absolute Gasteiger partial charge is 0.599 e. The predicted molar refractivity (Wildman–Crippen MR) is 58.5 cm³/mol. The second-order valence-electron chi connectivity index (χ2n) is 3.72. The van der Waals surface area contributed by atoms with E-state index in [0.717, 1.165) is 12.8 Å². The third kappa shape index (κ3) is 1.79. The van der Waals surface area contributed by atoms with E-state index >= 15 is 0 Å². The molecule has 0 N–H and O–H groups in total. The maximum atomic E-state index is 12.4. The normalized spacial score (nSPS) is 21.1. The van der Waals surface area contributed by atoms with Gasteiger partial charge in [-0.2, -0.15) is 4.76 Å². The average molecular weight is 206 g/mol. The number of nitrogens with zero attached hydrogens (tertiary/aromatic N) is 2. The van der Waals surface area contributed by atoms with Gasteiger partial charge in [-0.05, 0) is 12.8 Å². The Labute approximate surface area is 88.9 Å². The molecule has 0 bridgehead atoms. The number of hydroxylamine groups is 1. The van der Waals surface area contributed by atoms with Crippen molar-refractivity contribution in [3.8, 4) is 0 Å². The highest BCUT2D eigenvalue weighted by molar-refractivity contribution is 5.68. The van der Waals surface area contributed by atoms with E-state index in [1.165, 1.54) is 0 Å². The van der Waals surface area contributed by atoms with Crippen molar-refractivity contribution < 1.29 is 4.79 Å². The summed E-state index contributed by atoms with van der Waals surface area (Å²) in [6.45, 7) is 1.38. The molecule has 4 heteroatoms. The van der Waals surface area contributed by atoms with Gasteiger partial charge >= 0.3 is 6.41 Å². The lowest BCUT2D eigenvalue weighted by Gasteiger charge is -2.41. The number of rotatable bonds is 3. The quantitative estimate of drug-likeness (QED) is 0.429. The maximum Gasteiger partial charge on any atom is 0.326 e. The van der Waals surface area contributed by atoms with Crippen molar-refractivity contribution in [2.75, 3.05) is 13.1 Å². The molecule has 0 spiro atoms. The molecular formula is C11H14N2O2.